The van der Waals surface area contributed by atoms with Crippen molar-refractivity contribution in [3.8, 4) is 0 Å². The molecule has 0 bridgehead atoms. The number of rotatable bonds is 2. The average molecular weight is 345 g/mol. The van der Waals surface area contributed by atoms with Crippen LogP contribution in [0.4, 0.5) is 5.13 Å². The fourth-order valence-electron chi connectivity index (χ4n) is 1.27. The zero-order valence-electron chi connectivity index (χ0n) is 10.3. The van der Waals surface area contributed by atoms with E-state index < -0.39 is 0 Å². The minimum Gasteiger partial charge on any atom is -0.297 e. The number of carbonyl (C=O) groups excluding carboxylic acids is 1. The smallest absolute Gasteiger partial charge is 0.267 e. The van der Waals surface area contributed by atoms with Crippen LogP contribution in [0.25, 0.3) is 0 Å². The molecule has 0 aliphatic carbocycles. The molecule has 2 aromatic heterocycles. The lowest BCUT2D eigenvalue weighted by Gasteiger charge is -2.14. The van der Waals surface area contributed by atoms with E-state index in [1.54, 1.807) is 6.07 Å². The molecule has 6 heteroatoms. The van der Waals surface area contributed by atoms with Crippen LogP contribution in [-0.2, 0) is 5.41 Å². The Bertz CT molecular complexity index is 569. The fraction of sp³-hybridized carbons (Fsp3) is 0.333. The second kappa shape index (κ2) is 5.11. The second-order valence-electron chi connectivity index (χ2n) is 4.85. The highest BCUT2D eigenvalue weighted by atomic mass is 79.9. The Morgan fingerprint density at radius 2 is 2.11 bits per heavy atom. The van der Waals surface area contributed by atoms with Crippen molar-refractivity contribution in [3.63, 3.8) is 0 Å². The highest BCUT2D eigenvalue weighted by molar-refractivity contribution is 9.11. The molecule has 2 aromatic rings. The van der Waals surface area contributed by atoms with Gasteiger partial charge in [-0.15, -0.1) is 22.7 Å². The van der Waals surface area contributed by atoms with Crippen molar-refractivity contribution in [3.05, 3.63) is 31.9 Å². The Kier molecular flexibility index (Phi) is 3.89. The summed E-state index contributed by atoms with van der Waals surface area (Å²) in [6.45, 7) is 6.30. The van der Waals surface area contributed by atoms with Crippen LogP contribution in [0.1, 0.15) is 36.1 Å². The minimum atomic E-state index is -0.111. The van der Waals surface area contributed by atoms with Crippen LogP contribution in [0.5, 0.6) is 0 Å². The van der Waals surface area contributed by atoms with Crippen LogP contribution in [0.2, 0.25) is 0 Å². The van der Waals surface area contributed by atoms with E-state index in [0.717, 1.165) is 9.48 Å². The lowest BCUT2D eigenvalue weighted by molar-refractivity contribution is 0.103. The summed E-state index contributed by atoms with van der Waals surface area (Å²) in [5.41, 5.74) is 1.00. The molecule has 0 aliphatic heterocycles. The van der Waals surface area contributed by atoms with Gasteiger partial charge < -0.3 is 0 Å². The Morgan fingerprint density at radius 3 is 2.61 bits per heavy atom. The van der Waals surface area contributed by atoms with Gasteiger partial charge >= 0.3 is 0 Å². The Hall–Kier alpha value is -0.720. The first-order valence-corrected chi connectivity index (χ1v) is 7.88. The van der Waals surface area contributed by atoms with Gasteiger partial charge in [0.2, 0.25) is 0 Å². The van der Waals surface area contributed by atoms with Crippen molar-refractivity contribution in [2.45, 2.75) is 26.2 Å². The number of aromatic nitrogens is 1. The Morgan fingerprint density at radius 1 is 1.39 bits per heavy atom. The maximum atomic E-state index is 11.9. The average Bonchev–Trinajstić information content (AvgIpc) is 2.85. The molecule has 0 saturated heterocycles. The molecule has 18 heavy (non-hydrogen) atoms. The number of amides is 1. The van der Waals surface area contributed by atoms with E-state index in [9.17, 15) is 4.79 Å². The Balaban J connectivity index is 2.10. The second-order valence-corrected chi connectivity index (χ2v) is 8.17. The number of hydrogen-bond donors (Lipinski definition) is 1. The molecular formula is C12H13BrN2OS2. The number of nitrogens with zero attached hydrogens (tertiary/aromatic N) is 1. The number of halogens is 1. The van der Waals surface area contributed by atoms with E-state index in [2.05, 4.69) is 47.0 Å². The topological polar surface area (TPSA) is 42.0 Å². The third-order valence-electron chi connectivity index (χ3n) is 2.29. The van der Waals surface area contributed by atoms with Gasteiger partial charge in [0, 0.05) is 10.8 Å². The van der Waals surface area contributed by atoms with Gasteiger partial charge in [-0.2, -0.15) is 0 Å². The van der Waals surface area contributed by atoms with Gasteiger partial charge in [-0.25, -0.2) is 4.98 Å². The lowest BCUT2D eigenvalue weighted by Crippen LogP contribution is -2.13. The number of nitrogens with one attached hydrogen (secondary N) is 1. The summed E-state index contributed by atoms with van der Waals surface area (Å²) in [5.74, 6) is -0.111. The highest BCUT2D eigenvalue weighted by Crippen LogP contribution is 2.27. The molecule has 3 nitrogen and oxygen atoms in total. The standard InChI is InChI=1S/C12H13BrN2OS2/c1-12(2,3)8-6-17-11(14-8)15-10(16)7-4-5-9(13)18-7/h4-6H,1-3H3,(H,14,15,16). The van der Waals surface area contributed by atoms with E-state index in [4.69, 9.17) is 0 Å². The van der Waals surface area contributed by atoms with Crippen LogP contribution in [-0.4, -0.2) is 10.9 Å². The summed E-state index contributed by atoms with van der Waals surface area (Å²) < 4.78 is 0.946. The molecule has 1 N–H and O–H groups in total. The molecule has 1 amide bonds. The predicted molar refractivity (Wildman–Crippen MR) is 80.8 cm³/mol. The molecule has 2 rings (SSSR count). The summed E-state index contributed by atoms with van der Waals surface area (Å²) >= 11 is 6.21. The van der Waals surface area contributed by atoms with Crippen LogP contribution < -0.4 is 5.32 Å². The summed E-state index contributed by atoms with van der Waals surface area (Å²) in [7, 11) is 0. The third kappa shape index (κ3) is 3.18. The largest absolute Gasteiger partial charge is 0.297 e. The van der Waals surface area contributed by atoms with Gasteiger partial charge in [-0.1, -0.05) is 20.8 Å². The molecule has 0 atom stereocenters. The van der Waals surface area contributed by atoms with Gasteiger partial charge in [-0.3, -0.25) is 10.1 Å². The van der Waals surface area contributed by atoms with Crippen LogP contribution >= 0.6 is 38.6 Å². The molecule has 2 heterocycles. The Labute approximate surface area is 122 Å². The van der Waals surface area contributed by atoms with Crippen LogP contribution in [0.3, 0.4) is 0 Å². The summed E-state index contributed by atoms with van der Waals surface area (Å²) in [6.07, 6.45) is 0. The molecule has 0 fully saturated rings. The fourth-order valence-corrected chi connectivity index (χ4v) is 3.48. The van der Waals surface area contributed by atoms with Gasteiger partial charge in [-0.05, 0) is 28.1 Å². The molecule has 96 valence electrons. The van der Waals surface area contributed by atoms with E-state index in [1.807, 2.05) is 11.4 Å². The predicted octanol–water partition coefficient (Wildman–Crippen LogP) is 4.52. The maximum Gasteiger partial charge on any atom is 0.267 e. The van der Waals surface area contributed by atoms with Crippen molar-refractivity contribution in [1.82, 2.24) is 4.98 Å². The van der Waals surface area contributed by atoms with Crippen molar-refractivity contribution in [2.75, 3.05) is 5.32 Å². The first-order valence-electron chi connectivity index (χ1n) is 5.39. The molecule has 0 saturated carbocycles. The van der Waals surface area contributed by atoms with E-state index in [0.29, 0.717) is 10.0 Å². The molecule has 0 unspecified atom stereocenters. The van der Waals surface area contributed by atoms with E-state index >= 15 is 0 Å². The van der Waals surface area contributed by atoms with Crippen molar-refractivity contribution >= 4 is 49.6 Å². The summed E-state index contributed by atoms with van der Waals surface area (Å²) in [6, 6.07) is 3.66. The first kappa shape index (κ1) is 13.7. The number of anilines is 1. The number of thiophene rings is 1. The van der Waals surface area contributed by atoms with Crippen LogP contribution in [0.15, 0.2) is 21.3 Å². The monoisotopic (exact) mass is 344 g/mol. The van der Waals surface area contributed by atoms with E-state index in [1.165, 1.54) is 22.7 Å². The van der Waals surface area contributed by atoms with Gasteiger partial charge in [0.25, 0.3) is 5.91 Å². The number of carbonyl (C=O) groups is 1. The van der Waals surface area contributed by atoms with Crippen LogP contribution in [0, 0.1) is 0 Å². The quantitative estimate of drug-likeness (QED) is 0.870. The summed E-state index contributed by atoms with van der Waals surface area (Å²) in [5, 5.41) is 5.46. The number of hydrogen-bond acceptors (Lipinski definition) is 4. The SMILES string of the molecule is CC(C)(C)c1csc(NC(=O)c2ccc(Br)s2)n1. The van der Waals surface area contributed by atoms with E-state index in [-0.39, 0.29) is 11.3 Å². The van der Waals surface area contributed by atoms with Crippen molar-refractivity contribution < 1.29 is 4.79 Å². The zero-order chi connectivity index (χ0) is 13.3. The molecule has 0 radical (unpaired) electrons. The molecule has 0 spiro atoms. The summed E-state index contributed by atoms with van der Waals surface area (Å²) in [4.78, 5) is 17.0. The molecule has 0 aromatic carbocycles. The normalized spacial score (nSPS) is 11.6. The lowest BCUT2D eigenvalue weighted by atomic mass is 9.93. The van der Waals surface area contributed by atoms with Gasteiger partial charge in [0.1, 0.15) is 0 Å². The minimum absolute atomic E-state index is 0.00539. The maximum absolute atomic E-state index is 11.9. The van der Waals surface area contributed by atoms with Crippen molar-refractivity contribution in [2.24, 2.45) is 0 Å². The number of thiazole rings is 1. The third-order valence-corrected chi connectivity index (χ3v) is 4.67. The van der Waals surface area contributed by atoms with Crippen molar-refractivity contribution in [1.29, 1.82) is 0 Å². The molecular weight excluding hydrogens is 332 g/mol. The van der Waals surface area contributed by atoms with Gasteiger partial charge in [0.15, 0.2) is 5.13 Å². The highest BCUT2D eigenvalue weighted by Gasteiger charge is 2.18. The van der Waals surface area contributed by atoms with Gasteiger partial charge in [0.05, 0.1) is 14.4 Å². The zero-order valence-corrected chi connectivity index (χ0v) is 13.5. The first-order chi connectivity index (χ1) is 8.36. The molecule has 0 aliphatic rings.